The minimum Gasteiger partial charge on any atom is -0.481 e. The van der Waals surface area contributed by atoms with Crippen LogP contribution in [-0.4, -0.2) is 34.5 Å². The van der Waals surface area contributed by atoms with E-state index in [4.69, 9.17) is 0 Å². The van der Waals surface area contributed by atoms with Crippen LogP contribution in [0.15, 0.2) is 0 Å². The zero-order valence-electron chi connectivity index (χ0n) is 10.0. The summed E-state index contributed by atoms with van der Waals surface area (Å²) in [6, 6.07) is 0.415. The normalized spacial score (nSPS) is 33.5. The van der Waals surface area contributed by atoms with Gasteiger partial charge in [-0.15, -0.1) is 0 Å². The van der Waals surface area contributed by atoms with Crippen molar-refractivity contribution in [1.82, 2.24) is 4.90 Å². The Morgan fingerprint density at radius 3 is 2.47 bits per heavy atom. The van der Waals surface area contributed by atoms with Crippen molar-refractivity contribution in [2.24, 2.45) is 11.3 Å². The van der Waals surface area contributed by atoms with Crippen molar-refractivity contribution in [3.8, 4) is 0 Å². The number of likely N-dealkylation sites (tertiary alicyclic amines) is 1. The van der Waals surface area contributed by atoms with E-state index in [0.29, 0.717) is 24.8 Å². The molecule has 2 bridgehead atoms. The van der Waals surface area contributed by atoms with E-state index in [0.717, 1.165) is 25.8 Å². The lowest BCUT2D eigenvalue weighted by molar-refractivity contribution is -0.160. The van der Waals surface area contributed by atoms with E-state index in [1.165, 1.54) is 6.42 Å². The first-order valence-corrected chi connectivity index (χ1v) is 6.64. The van der Waals surface area contributed by atoms with E-state index in [2.05, 4.69) is 0 Å². The molecule has 17 heavy (non-hydrogen) atoms. The Morgan fingerprint density at radius 2 is 2.06 bits per heavy atom. The van der Waals surface area contributed by atoms with Crippen LogP contribution in [0.1, 0.15) is 44.9 Å². The molecule has 2 atom stereocenters. The molecular weight excluding hydrogens is 218 g/mol. The Hall–Kier alpha value is -1.06. The molecule has 1 amide bonds. The minimum absolute atomic E-state index is 0.0827. The van der Waals surface area contributed by atoms with Gasteiger partial charge in [-0.2, -0.15) is 0 Å². The second kappa shape index (κ2) is 3.72. The largest absolute Gasteiger partial charge is 0.481 e. The second-order valence-corrected chi connectivity index (χ2v) is 5.99. The van der Waals surface area contributed by atoms with Gasteiger partial charge in [0.25, 0.3) is 0 Å². The van der Waals surface area contributed by atoms with Crippen LogP contribution < -0.4 is 0 Å². The molecule has 2 unspecified atom stereocenters. The fraction of sp³-hybridized carbons (Fsp3) is 0.846. The summed E-state index contributed by atoms with van der Waals surface area (Å²) < 4.78 is 0. The summed E-state index contributed by atoms with van der Waals surface area (Å²) in [6.07, 6.45) is 6.05. The molecule has 0 aromatic rings. The first-order valence-electron chi connectivity index (χ1n) is 6.64. The molecule has 1 N–H and O–H groups in total. The highest BCUT2D eigenvalue weighted by atomic mass is 16.4. The van der Waals surface area contributed by atoms with Gasteiger partial charge in [0.15, 0.2) is 0 Å². The highest BCUT2D eigenvalue weighted by Gasteiger charge is 2.48. The SMILES string of the molecule is O=C(CC1(C(=O)O)CCC1)N1CC2CCC1C2. The number of carboxylic acid groups (broad SMARTS) is 1. The lowest BCUT2D eigenvalue weighted by Gasteiger charge is -2.39. The predicted octanol–water partition coefficient (Wildman–Crippen LogP) is 1.64. The predicted molar refractivity (Wildman–Crippen MR) is 61.4 cm³/mol. The highest BCUT2D eigenvalue weighted by molar-refractivity contribution is 5.86. The second-order valence-electron chi connectivity index (χ2n) is 5.99. The monoisotopic (exact) mass is 237 g/mol. The number of fused-ring (bicyclic) bond motifs is 2. The van der Waals surface area contributed by atoms with Gasteiger partial charge in [0, 0.05) is 19.0 Å². The van der Waals surface area contributed by atoms with Crippen LogP contribution >= 0.6 is 0 Å². The number of nitrogens with zero attached hydrogens (tertiary/aromatic N) is 1. The molecule has 4 heteroatoms. The van der Waals surface area contributed by atoms with Gasteiger partial charge in [0.2, 0.25) is 5.91 Å². The standard InChI is InChI=1S/C13H19NO3/c15-11(7-13(12(16)17)4-1-5-13)14-8-9-2-3-10(14)6-9/h9-10H,1-8H2,(H,16,17). The zero-order chi connectivity index (χ0) is 12.0. The van der Waals surface area contributed by atoms with E-state index in [9.17, 15) is 14.7 Å². The highest BCUT2D eigenvalue weighted by Crippen LogP contribution is 2.46. The van der Waals surface area contributed by atoms with Gasteiger partial charge in [0.05, 0.1) is 5.41 Å². The molecule has 1 heterocycles. The van der Waals surface area contributed by atoms with Crippen LogP contribution in [0.2, 0.25) is 0 Å². The Morgan fingerprint density at radius 1 is 1.29 bits per heavy atom. The number of carboxylic acids is 1. The summed E-state index contributed by atoms with van der Waals surface area (Å²) >= 11 is 0. The Bertz CT molecular complexity index is 362. The lowest BCUT2D eigenvalue weighted by atomic mass is 9.66. The molecule has 0 radical (unpaired) electrons. The van der Waals surface area contributed by atoms with Crippen LogP contribution in [0, 0.1) is 11.3 Å². The van der Waals surface area contributed by atoms with Crippen LogP contribution in [0.25, 0.3) is 0 Å². The van der Waals surface area contributed by atoms with Gasteiger partial charge >= 0.3 is 5.97 Å². The number of piperidine rings is 1. The van der Waals surface area contributed by atoms with E-state index >= 15 is 0 Å². The molecule has 4 nitrogen and oxygen atoms in total. The van der Waals surface area contributed by atoms with Gasteiger partial charge in [0.1, 0.15) is 0 Å². The summed E-state index contributed by atoms with van der Waals surface area (Å²) in [5, 5.41) is 9.24. The number of rotatable bonds is 3. The van der Waals surface area contributed by atoms with Gasteiger partial charge in [-0.1, -0.05) is 6.42 Å². The summed E-state index contributed by atoms with van der Waals surface area (Å²) in [5.74, 6) is -0.00752. The number of amides is 1. The Labute approximate surface area is 101 Å². The first-order chi connectivity index (χ1) is 8.11. The number of carbonyl (C=O) groups excluding carboxylic acids is 1. The van der Waals surface area contributed by atoms with Crippen molar-refractivity contribution in [2.45, 2.75) is 51.0 Å². The molecule has 0 aromatic heterocycles. The lowest BCUT2D eigenvalue weighted by Crippen LogP contribution is -2.45. The van der Waals surface area contributed by atoms with Crippen molar-refractivity contribution in [3.05, 3.63) is 0 Å². The van der Waals surface area contributed by atoms with Crippen LogP contribution in [0.4, 0.5) is 0 Å². The summed E-state index contributed by atoms with van der Waals surface area (Å²) in [6.45, 7) is 0.874. The third-order valence-electron chi connectivity index (χ3n) is 4.98. The average Bonchev–Trinajstić information content (AvgIpc) is 2.83. The quantitative estimate of drug-likeness (QED) is 0.811. The number of hydrogen-bond donors (Lipinski definition) is 1. The molecule has 0 spiro atoms. The zero-order valence-corrected chi connectivity index (χ0v) is 10.0. The smallest absolute Gasteiger partial charge is 0.310 e. The molecule has 2 aliphatic carbocycles. The summed E-state index contributed by atoms with van der Waals surface area (Å²) in [4.78, 5) is 25.4. The maximum atomic E-state index is 12.2. The van der Waals surface area contributed by atoms with Crippen molar-refractivity contribution in [1.29, 1.82) is 0 Å². The summed E-state index contributed by atoms with van der Waals surface area (Å²) in [5.41, 5.74) is -0.723. The van der Waals surface area contributed by atoms with Crippen LogP contribution in [0.5, 0.6) is 0 Å². The van der Waals surface area contributed by atoms with Crippen molar-refractivity contribution >= 4 is 11.9 Å². The van der Waals surface area contributed by atoms with Gasteiger partial charge in [-0.05, 0) is 38.0 Å². The third-order valence-corrected chi connectivity index (χ3v) is 4.98. The van der Waals surface area contributed by atoms with Crippen molar-refractivity contribution in [3.63, 3.8) is 0 Å². The first kappa shape index (κ1) is 11.1. The topological polar surface area (TPSA) is 57.6 Å². The minimum atomic E-state index is -0.776. The molecule has 1 saturated heterocycles. The van der Waals surface area contributed by atoms with E-state index < -0.39 is 11.4 Å². The van der Waals surface area contributed by atoms with Gasteiger partial charge < -0.3 is 10.0 Å². The third kappa shape index (κ3) is 1.65. The van der Waals surface area contributed by atoms with Crippen LogP contribution in [-0.2, 0) is 9.59 Å². The fourth-order valence-corrected chi connectivity index (χ4v) is 3.69. The van der Waals surface area contributed by atoms with Crippen molar-refractivity contribution < 1.29 is 14.7 Å². The number of aliphatic carboxylic acids is 1. The molecule has 94 valence electrons. The Balaban J connectivity index is 1.65. The molecular formula is C13H19NO3. The number of hydrogen-bond acceptors (Lipinski definition) is 2. The summed E-state index contributed by atoms with van der Waals surface area (Å²) in [7, 11) is 0. The van der Waals surface area contributed by atoms with Crippen LogP contribution in [0.3, 0.4) is 0 Å². The molecule has 3 aliphatic rings. The maximum absolute atomic E-state index is 12.2. The fourth-order valence-electron chi connectivity index (χ4n) is 3.69. The van der Waals surface area contributed by atoms with Gasteiger partial charge in [-0.3, -0.25) is 9.59 Å². The number of carbonyl (C=O) groups is 2. The maximum Gasteiger partial charge on any atom is 0.310 e. The molecule has 2 saturated carbocycles. The van der Waals surface area contributed by atoms with E-state index in [-0.39, 0.29) is 12.3 Å². The molecule has 3 fully saturated rings. The van der Waals surface area contributed by atoms with Crippen molar-refractivity contribution in [2.75, 3.05) is 6.54 Å². The molecule has 0 aromatic carbocycles. The average molecular weight is 237 g/mol. The van der Waals surface area contributed by atoms with E-state index in [1.807, 2.05) is 4.90 Å². The van der Waals surface area contributed by atoms with E-state index in [1.54, 1.807) is 0 Å². The molecule has 3 rings (SSSR count). The molecule has 1 aliphatic heterocycles. The van der Waals surface area contributed by atoms with Gasteiger partial charge in [-0.25, -0.2) is 0 Å². The Kier molecular flexibility index (Phi) is 2.42.